The van der Waals surface area contributed by atoms with Crippen LogP contribution in [-0.2, 0) is 16.0 Å². The lowest BCUT2D eigenvalue weighted by molar-refractivity contribution is -0.138. The largest absolute Gasteiger partial charge is 0.481 e. The molecule has 0 spiro atoms. The van der Waals surface area contributed by atoms with E-state index in [4.69, 9.17) is 9.52 Å². The normalized spacial score (nSPS) is 12.3. The van der Waals surface area contributed by atoms with Crippen molar-refractivity contribution in [2.24, 2.45) is 5.92 Å². The molecular formula is C16H19NO4. The summed E-state index contributed by atoms with van der Waals surface area (Å²) in [5, 5.41) is 12.4. The number of furan rings is 1. The minimum Gasteiger partial charge on any atom is -0.481 e. The van der Waals surface area contributed by atoms with Gasteiger partial charge in [0.05, 0.1) is 12.7 Å². The lowest BCUT2D eigenvalue weighted by Crippen LogP contribution is -2.30. The smallest absolute Gasteiger partial charge is 0.303 e. The Morgan fingerprint density at radius 1 is 1.38 bits per heavy atom. The molecule has 0 fully saturated rings. The number of carboxylic acid groups (broad SMARTS) is 1. The summed E-state index contributed by atoms with van der Waals surface area (Å²) >= 11 is 0. The summed E-state index contributed by atoms with van der Waals surface area (Å²) in [6.45, 7) is 4.14. The number of hydrogen-bond acceptors (Lipinski definition) is 3. The van der Waals surface area contributed by atoms with Crippen LogP contribution in [0.4, 0.5) is 0 Å². The molecular weight excluding hydrogens is 270 g/mol. The van der Waals surface area contributed by atoms with Crippen molar-refractivity contribution < 1.29 is 19.1 Å². The van der Waals surface area contributed by atoms with Crippen LogP contribution in [0.2, 0.25) is 0 Å². The first-order chi connectivity index (χ1) is 9.95. The number of rotatable bonds is 6. The second kappa shape index (κ2) is 6.43. The van der Waals surface area contributed by atoms with Gasteiger partial charge in [-0.2, -0.15) is 0 Å². The lowest BCUT2D eigenvalue weighted by atomic mass is 10.1. The number of carbonyl (C=O) groups is 2. The van der Waals surface area contributed by atoms with E-state index in [2.05, 4.69) is 5.32 Å². The van der Waals surface area contributed by atoms with Crippen LogP contribution in [0.5, 0.6) is 0 Å². The Hall–Kier alpha value is -2.30. The van der Waals surface area contributed by atoms with Crippen LogP contribution in [0.1, 0.15) is 24.5 Å². The molecule has 1 aromatic heterocycles. The Labute approximate surface area is 122 Å². The zero-order valence-electron chi connectivity index (χ0n) is 12.2. The van der Waals surface area contributed by atoms with Gasteiger partial charge in [0.1, 0.15) is 5.58 Å². The summed E-state index contributed by atoms with van der Waals surface area (Å²) in [6.07, 6.45) is 1.88. The van der Waals surface area contributed by atoms with Crippen LogP contribution in [0.15, 0.2) is 28.9 Å². The van der Waals surface area contributed by atoms with E-state index in [1.165, 1.54) is 0 Å². The van der Waals surface area contributed by atoms with Gasteiger partial charge in [-0.05, 0) is 24.5 Å². The molecule has 0 radical (unpaired) electrons. The summed E-state index contributed by atoms with van der Waals surface area (Å²) < 4.78 is 5.45. The molecule has 2 aromatic rings. The van der Waals surface area contributed by atoms with E-state index in [0.717, 1.165) is 22.1 Å². The average Bonchev–Trinajstić information content (AvgIpc) is 2.78. The highest BCUT2D eigenvalue weighted by Crippen LogP contribution is 2.22. The zero-order valence-corrected chi connectivity index (χ0v) is 12.2. The monoisotopic (exact) mass is 289 g/mol. The number of aryl methyl sites for hydroxylation is 1. The van der Waals surface area contributed by atoms with E-state index in [9.17, 15) is 9.59 Å². The predicted octanol–water partition coefficient (Wildman–Crippen LogP) is 2.51. The maximum atomic E-state index is 11.9. The fourth-order valence-electron chi connectivity index (χ4n) is 2.22. The van der Waals surface area contributed by atoms with E-state index in [0.29, 0.717) is 6.54 Å². The topological polar surface area (TPSA) is 79.5 Å². The number of hydrogen-bond donors (Lipinski definition) is 2. The van der Waals surface area contributed by atoms with Gasteiger partial charge in [-0.1, -0.05) is 19.1 Å². The van der Waals surface area contributed by atoms with Crippen molar-refractivity contribution in [1.82, 2.24) is 5.32 Å². The molecule has 1 amide bonds. The van der Waals surface area contributed by atoms with Gasteiger partial charge in [0.25, 0.3) is 0 Å². The van der Waals surface area contributed by atoms with Crippen molar-refractivity contribution >= 4 is 22.8 Å². The minimum atomic E-state index is -0.854. The summed E-state index contributed by atoms with van der Waals surface area (Å²) in [5.41, 5.74) is 2.72. The fourth-order valence-corrected chi connectivity index (χ4v) is 2.22. The molecule has 21 heavy (non-hydrogen) atoms. The van der Waals surface area contributed by atoms with Gasteiger partial charge in [-0.15, -0.1) is 0 Å². The third-order valence-corrected chi connectivity index (χ3v) is 3.33. The van der Waals surface area contributed by atoms with Gasteiger partial charge in [-0.3, -0.25) is 9.59 Å². The molecule has 2 N–H and O–H groups in total. The molecule has 1 unspecified atom stereocenters. The van der Waals surface area contributed by atoms with Gasteiger partial charge >= 0.3 is 5.97 Å². The third kappa shape index (κ3) is 4.08. The molecule has 5 heteroatoms. The van der Waals surface area contributed by atoms with Gasteiger partial charge in [0.2, 0.25) is 5.91 Å². The van der Waals surface area contributed by atoms with Crippen molar-refractivity contribution in [3.8, 4) is 0 Å². The summed E-state index contributed by atoms with van der Waals surface area (Å²) in [6, 6.07) is 5.86. The molecule has 0 saturated carbocycles. The number of benzene rings is 1. The quantitative estimate of drug-likeness (QED) is 0.856. The van der Waals surface area contributed by atoms with Crippen molar-refractivity contribution in [3.63, 3.8) is 0 Å². The lowest BCUT2D eigenvalue weighted by Gasteiger charge is -2.09. The number of fused-ring (bicyclic) bond motifs is 1. The van der Waals surface area contributed by atoms with E-state index in [1.54, 1.807) is 13.2 Å². The van der Waals surface area contributed by atoms with Crippen molar-refractivity contribution in [2.45, 2.75) is 26.7 Å². The maximum Gasteiger partial charge on any atom is 0.303 e. The molecule has 1 atom stereocenters. The SMILES string of the molecule is Cc1ccc2c(CC(=O)NCC(C)CC(=O)O)coc2c1. The van der Waals surface area contributed by atoms with Gasteiger partial charge in [-0.25, -0.2) is 0 Å². The Kier molecular flexibility index (Phi) is 4.62. The van der Waals surface area contributed by atoms with E-state index in [1.807, 2.05) is 25.1 Å². The van der Waals surface area contributed by atoms with Crippen LogP contribution in [-0.4, -0.2) is 23.5 Å². The molecule has 1 aromatic carbocycles. The average molecular weight is 289 g/mol. The van der Waals surface area contributed by atoms with Crippen molar-refractivity contribution in [2.75, 3.05) is 6.54 Å². The second-order valence-electron chi connectivity index (χ2n) is 5.44. The first kappa shape index (κ1) is 15.1. The van der Waals surface area contributed by atoms with Crippen LogP contribution < -0.4 is 5.32 Å². The highest BCUT2D eigenvalue weighted by atomic mass is 16.4. The van der Waals surface area contributed by atoms with Crippen LogP contribution in [0.3, 0.4) is 0 Å². The Morgan fingerprint density at radius 3 is 2.86 bits per heavy atom. The van der Waals surface area contributed by atoms with E-state index in [-0.39, 0.29) is 24.7 Å². The fraction of sp³-hybridized carbons (Fsp3) is 0.375. The summed E-state index contributed by atoms with van der Waals surface area (Å²) in [5.74, 6) is -1.07. The first-order valence-electron chi connectivity index (χ1n) is 6.91. The number of aliphatic carboxylic acids is 1. The van der Waals surface area contributed by atoms with Crippen LogP contribution >= 0.6 is 0 Å². The van der Waals surface area contributed by atoms with E-state index >= 15 is 0 Å². The van der Waals surface area contributed by atoms with Crippen molar-refractivity contribution in [1.29, 1.82) is 0 Å². The Morgan fingerprint density at radius 2 is 2.14 bits per heavy atom. The Bertz CT molecular complexity index is 659. The number of nitrogens with one attached hydrogen (secondary N) is 1. The first-order valence-corrected chi connectivity index (χ1v) is 6.91. The van der Waals surface area contributed by atoms with Gasteiger partial charge in [0.15, 0.2) is 0 Å². The highest BCUT2D eigenvalue weighted by Gasteiger charge is 2.12. The van der Waals surface area contributed by atoms with Gasteiger partial charge in [0, 0.05) is 23.9 Å². The molecule has 112 valence electrons. The molecule has 0 aliphatic heterocycles. The maximum absolute atomic E-state index is 11.9. The van der Waals surface area contributed by atoms with Crippen molar-refractivity contribution in [3.05, 3.63) is 35.6 Å². The standard InChI is InChI=1S/C16H19NO4/c1-10-3-4-13-12(9-21-14(13)5-10)7-15(18)17-8-11(2)6-16(19)20/h3-5,9,11H,6-8H2,1-2H3,(H,17,18)(H,19,20). The zero-order chi connectivity index (χ0) is 15.4. The highest BCUT2D eigenvalue weighted by molar-refractivity contribution is 5.87. The van der Waals surface area contributed by atoms with Crippen LogP contribution in [0, 0.1) is 12.8 Å². The molecule has 0 saturated heterocycles. The third-order valence-electron chi connectivity index (χ3n) is 3.33. The molecule has 0 aliphatic carbocycles. The summed E-state index contributed by atoms with van der Waals surface area (Å²) in [4.78, 5) is 22.5. The molecule has 1 heterocycles. The second-order valence-corrected chi connectivity index (χ2v) is 5.44. The van der Waals surface area contributed by atoms with E-state index < -0.39 is 5.97 Å². The summed E-state index contributed by atoms with van der Waals surface area (Å²) in [7, 11) is 0. The molecule has 0 bridgehead atoms. The molecule has 5 nitrogen and oxygen atoms in total. The Balaban J connectivity index is 1.94. The minimum absolute atomic E-state index is 0.0498. The molecule has 0 aliphatic rings. The molecule has 2 rings (SSSR count). The predicted molar refractivity (Wildman–Crippen MR) is 79.1 cm³/mol. The van der Waals surface area contributed by atoms with Crippen LogP contribution in [0.25, 0.3) is 11.0 Å². The number of carbonyl (C=O) groups excluding carboxylic acids is 1. The number of amides is 1. The number of carboxylic acids is 1. The van der Waals surface area contributed by atoms with Gasteiger partial charge < -0.3 is 14.8 Å².